The molecule has 0 unspecified atom stereocenters. The summed E-state index contributed by atoms with van der Waals surface area (Å²) in [5.74, 6) is 0. The van der Waals surface area contributed by atoms with Gasteiger partial charge in [0, 0.05) is 20.8 Å². The smallest absolute Gasteiger partial charge is 0.180 e. The Balaban J connectivity index is 3.09. The Labute approximate surface area is 62.3 Å². The molecule has 0 saturated carbocycles. The Morgan fingerprint density at radius 3 is 2.20 bits per heavy atom. The van der Waals surface area contributed by atoms with E-state index in [-0.39, 0.29) is 6.29 Å². The molecule has 62 valence electrons. The van der Waals surface area contributed by atoms with E-state index in [0.717, 1.165) is 13.0 Å². The van der Waals surface area contributed by atoms with Gasteiger partial charge in [0.05, 0.1) is 6.61 Å². The minimum Gasteiger partial charge on any atom is -0.376 e. The molecule has 3 nitrogen and oxygen atoms in total. The van der Waals surface area contributed by atoms with Crippen molar-refractivity contribution < 1.29 is 14.2 Å². The molecular weight excluding hydrogens is 132 g/mol. The van der Waals surface area contributed by atoms with E-state index in [1.54, 1.807) is 14.2 Å². The molecule has 0 aliphatic carbocycles. The zero-order chi connectivity index (χ0) is 7.82. The molecule has 0 spiro atoms. The van der Waals surface area contributed by atoms with Gasteiger partial charge in [-0.3, -0.25) is 0 Å². The zero-order valence-corrected chi connectivity index (χ0v) is 6.92. The lowest BCUT2D eigenvalue weighted by molar-refractivity contribution is -0.140. The van der Waals surface area contributed by atoms with Crippen molar-refractivity contribution in [3.63, 3.8) is 0 Å². The maximum Gasteiger partial charge on any atom is 0.180 e. The van der Waals surface area contributed by atoms with Crippen molar-refractivity contribution in [2.45, 2.75) is 19.6 Å². The van der Waals surface area contributed by atoms with Crippen LogP contribution in [0.15, 0.2) is 0 Å². The molecule has 0 aliphatic heterocycles. The number of ether oxygens (including phenoxy) is 3. The summed E-state index contributed by atoms with van der Waals surface area (Å²) in [6.07, 6.45) is 0.812. The van der Waals surface area contributed by atoms with Crippen LogP contribution in [0.3, 0.4) is 0 Å². The van der Waals surface area contributed by atoms with Gasteiger partial charge in [-0.25, -0.2) is 0 Å². The zero-order valence-electron chi connectivity index (χ0n) is 6.92. The third-order valence-corrected chi connectivity index (χ3v) is 1.13. The van der Waals surface area contributed by atoms with Crippen LogP contribution < -0.4 is 0 Å². The molecule has 0 fully saturated rings. The quantitative estimate of drug-likeness (QED) is 0.416. The van der Waals surface area contributed by atoms with Gasteiger partial charge in [0.15, 0.2) is 6.29 Å². The highest BCUT2D eigenvalue weighted by Crippen LogP contribution is 1.91. The summed E-state index contributed by atoms with van der Waals surface area (Å²) < 4.78 is 15.0. The van der Waals surface area contributed by atoms with E-state index in [1.807, 2.05) is 0 Å². The van der Waals surface area contributed by atoms with E-state index < -0.39 is 0 Å². The van der Waals surface area contributed by atoms with Gasteiger partial charge in [0.2, 0.25) is 0 Å². The monoisotopic (exact) mass is 148 g/mol. The van der Waals surface area contributed by atoms with Gasteiger partial charge in [-0.15, -0.1) is 0 Å². The van der Waals surface area contributed by atoms with E-state index in [2.05, 4.69) is 6.92 Å². The van der Waals surface area contributed by atoms with Gasteiger partial charge < -0.3 is 14.2 Å². The molecule has 0 saturated heterocycles. The maximum absolute atomic E-state index is 5.18. The van der Waals surface area contributed by atoms with Crippen LogP contribution in [0.1, 0.15) is 13.3 Å². The summed E-state index contributed by atoms with van der Waals surface area (Å²) in [5.41, 5.74) is 0. The topological polar surface area (TPSA) is 27.7 Å². The second-order valence-electron chi connectivity index (χ2n) is 1.98. The molecule has 0 aromatic carbocycles. The van der Waals surface area contributed by atoms with Crippen molar-refractivity contribution in [3.05, 3.63) is 0 Å². The van der Waals surface area contributed by atoms with Crippen molar-refractivity contribution in [3.8, 4) is 0 Å². The highest BCUT2D eigenvalue weighted by molar-refractivity contribution is 4.37. The first kappa shape index (κ1) is 9.88. The largest absolute Gasteiger partial charge is 0.376 e. The van der Waals surface area contributed by atoms with Crippen LogP contribution in [-0.4, -0.2) is 33.7 Å². The first-order valence-electron chi connectivity index (χ1n) is 3.48. The van der Waals surface area contributed by atoms with Crippen LogP contribution >= 0.6 is 0 Å². The Morgan fingerprint density at radius 1 is 1.20 bits per heavy atom. The second-order valence-corrected chi connectivity index (χ2v) is 1.98. The molecule has 0 atom stereocenters. The molecule has 0 N–H and O–H groups in total. The van der Waals surface area contributed by atoms with Crippen molar-refractivity contribution in [1.82, 2.24) is 0 Å². The summed E-state index contributed by atoms with van der Waals surface area (Å²) in [7, 11) is 3.20. The van der Waals surface area contributed by atoms with Crippen molar-refractivity contribution in [2.24, 2.45) is 0 Å². The first-order valence-corrected chi connectivity index (χ1v) is 3.48. The summed E-state index contributed by atoms with van der Waals surface area (Å²) in [4.78, 5) is 0. The highest BCUT2D eigenvalue weighted by atomic mass is 16.7. The number of methoxy groups -OCH3 is 2. The average molecular weight is 148 g/mol. The van der Waals surface area contributed by atoms with Crippen LogP contribution in [0, 0.1) is 0 Å². The fraction of sp³-hybridized carbons (Fsp3) is 1.00. The summed E-state index contributed by atoms with van der Waals surface area (Å²) >= 11 is 0. The average Bonchev–Trinajstić information content (AvgIpc) is 1.99. The molecule has 0 radical (unpaired) electrons. The van der Waals surface area contributed by atoms with Crippen molar-refractivity contribution >= 4 is 0 Å². The molecule has 0 heterocycles. The standard InChI is InChI=1S/C7H16O3/c1-4-5-10-6-7(8-2)9-3/h7H,4-6H2,1-3H3. The lowest BCUT2D eigenvalue weighted by Gasteiger charge is -2.12. The van der Waals surface area contributed by atoms with Gasteiger partial charge in [-0.05, 0) is 6.42 Å². The van der Waals surface area contributed by atoms with Crippen LogP contribution in [0.4, 0.5) is 0 Å². The normalized spacial score (nSPS) is 10.8. The van der Waals surface area contributed by atoms with E-state index in [0.29, 0.717) is 6.61 Å². The van der Waals surface area contributed by atoms with Crippen molar-refractivity contribution in [2.75, 3.05) is 27.4 Å². The second kappa shape index (κ2) is 6.99. The van der Waals surface area contributed by atoms with Crippen molar-refractivity contribution in [1.29, 1.82) is 0 Å². The fourth-order valence-electron chi connectivity index (χ4n) is 0.556. The molecule has 3 heteroatoms. The predicted molar refractivity (Wildman–Crippen MR) is 38.9 cm³/mol. The third-order valence-electron chi connectivity index (χ3n) is 1.13. The van der Waals surface area contributed by atoms with Gasteiger partial charge in [0.1, 0.15) is 0 Å². The van der Waals surface area contributed by atoms with Gasteiger partial charge >= 0.3 is 0 Å². The first-order chi connectivity index (χ1) is 4.85. The SMILES string of the molecule is CCCOCC(OC)OC. The molecular formula is C7H16O3. The molecule has 0 aromatic rings. The number of rotatable bonds is 6. The molecule has 0 amide bonds. The Bertz CT molecular complexity index is 61.9. The lowest BCUT2D eigenvalue weighted by Crippen LogP contribution is -2.20. The summed E-state index contributed by atoms with van der Waals surface area (Å²) in [5, 5.41) is 0. The maximum atomic E-state index is 5.18. The van der Waals surface area contributed by atoms with Crippen LogP contribution in [0.5, 0.6) is 0 Å². The summed E-state index contributed by atoms with van der Waals surface area (Å²) in [6, 6.07) is 0. The minimum absolute atomic E-state index is 0.216. The number of hydrogen-bond acceptors (Lipinski definition) is 3. The number of hydrogen-bond donors (Lipinski definition) is 0. The lowest BCUT2D eigenvalue weighted by atomic mass is 10.5. The molecule has 10 heavy (non-hydrogen) atoms. The predicted octanol–water partition coefficient (Wildman–Crippen LogP) is 1.03. The van der Waals surface area contributed by atoms with Gasteiger partial charge in [-0.2, -0.15) is 0 Å². The van der Waals surface area contributed by atoms with Gasteiger partial charge in [0.25, 0.3) is 0 Å². The van der Waals surface area contributed by atoms with E-state index in [1.165, 1.54) is 0 Å². The molecule has 0 aliphatic rings. The van der Waals surface area contributed by atoms with Crippen LogP contribution in [0.25, 0.3) is 0 Å². The van der Waals surface area contributed by atoms with Crippen LogP contribution in [-0.2, 0) is 14.2 Å². The Kier molecular flexibility index (Phi) is 6.91. The molecule has 0 rings (SSSR count). The van der Waals surface area contributed by atoms with E-state index in [4.69, 9.17) is 14.2 Å². The molecule has 0 bridgehead atoms. The van der Waals surface area contributed by atoms with Crippen LogP contribution in [0.2, 0.25) is 0 Å². The third kappa shape index (κ3) is 4.73. The summed E-state index contributed by atoms with van der Waals surface area (Å²) in [6.45, 7) is 3.35. The van der Waals surface area contributed by atoms with E-state index in [9.17, 15) is 0 Å². The van der Waals surface area contributed by atoms with E-state index >= 15 is 0 Å². The Morgan fingerprint density at radius 2 is 1.80 bits per heavy atom. The van der Waals surface area contributed by atoms with Gasteiger partial charge in [-0.1, -0.05) is 6.92 Å². The molecule has 0 aromatic heterocycles. The fourth-order valence-corrected chi connectivity index (χ4v) is 0.556. The highest BCUT2D eigenvalue weighted by Gasteiger charge is 2.02. The Hall–Kier alpha value is -0.120. The minimum atomic E-state index is -0.216.